The Morgan fingerprint density at radius 1 is 1.47 bits per heavy atom. The molecule has 0 aliphatic carbocycles. The molecule has 0 radical (unpaired) electrons. The van der Waals surface area contributed by atoms with Crippen molar-refractivity contribution in [3.8, 4) is 0 Å². The molecular formula is C8H7Cl4N3O3S. The Morgan fingerprint density at radius 2 is 2.05 bits per heavy atom. The van der Waals surface area contributed by atoms with Crippen LogP contribution in [-0.2, 0) is 14.4 Å². The third-order valence-corrected chi connectivity index (χ3v) is 3.53. The van der Waals surface area contributed by atoms with Crippen LogP contribution in [0.1, 0.15) is 12.6 Å². The Bertz CT molecular complexity index is 519. The molecule has 11 heteroatoms. The molecule has 1 amide bonds. The van der Waals surface area contributed by atoms with Gasteiger partial charge in [-0.25, -0.2) is 4.98 Å². The molecule has 19 heavy (non-hydrogen) atoms. The fraction of sp³-hybridized carbons (Fsp3) is 0.250. The average molecular weight is 367 g/mol. The molecule has 0 unspecified atom stereocenters. The van der Waals surface area contributed by atoms with E-state index in [1.54, 1.807) is 0 Å². The predicted molar refractivity (Wildman–Crippen MR) is 77.8 cm³/mol. The van der Waals surface area contributed by atoms with Crippen molar-refractivity contribution in [2.75, 3.05) is 11.5 Å². The molecule has 0 aromatic carbocycles. The standard InChI is InChI=1S/C8H6Cl3N3O3S.ClH/c1-3(15)14(11)8-12-5(7(10)18-8)4(6(9)16)13-17-2;/h1-2H3;1H/b13-4-;. The normalized spacial score (nSPS) is 10.7. The quantitative estimate of drug-likeness (QED) is 0.355. The van der Waals surface area contributed by atoms with E-state index in [-0.39, 0.29) is 33.3 Å². The molecule has 1 rings (SSSR count). The first kappa shape index (κ1) is 18.4. The Labute approximate surface area is 133 Å². The number of aromatic nitrogens is 1. The third-order valence-electron chi connectivity index (χ3n) is 1.61. The first-order valence-electron chi connectivity index (χ1n) is 4.32. The summed E-state index contributed by atoms with van der Waals surface area (Å²) in [6.07, 6.45) is 0. The number of anilines is 1. The second-order valence-electron chi connectivity index (χ2n) is 2.81. The van der Waals surface area contributed by atoms with Crippen molar-refractivity contribution in [3.05, 3.63) is 10.0 Å². The van der Waals surface area contributed by atoms with E-state index in [0.717, 1.165) is 15.8 Å². The van der Waals surface area contributed by atoms with Gasteiger partial charge in [0.1, 0.15) is 17.1 Å². The van der Waals surface area contributed by atoms with Gasteiger partial charge in [0, 0.05) is 18.7 Å². The lowest BCUT2D eigenvalue weighted by molar-refractivity contribution is -0.115. The summed E-state index contributed by atoms with van der Waals surface area (Å²) in [5.74, 6) is -0.448. The molecular weight excluding hydrogens is 360 g/mol. The summed E-state index contributed by atoms with van der Waals surface area (Å²) in [7, 11) is 1.24. The van der Waals surface area contributed by atoms with Gasteiger partial charge in [-0.2, -0.15) is 4.42 Å². The van der Waals surface area contributed by atoms with Gasteiger partial charge < -0.3 is 4.84 Å². The van der Waals surface area contributed by atoms with Crippen LogP contribution < -0.4 is 4.42 Å². The summed E-state index contributed by atoms with van der Waals surface area (Å²) in [6, 6.07) is 0. The zero-order valence-corrected chi connectivity index (χ0v) is 13.4. The van der Waals surface area contributed by atoms with Crippen molar-refractivity contribution >= 4 is 80.7 Å². The maximum atomic E-state index is 11.1. The summed E-state index contributed by atoms with van der Waals surface area (Å²) in [5, 5.41) is 2.63. The molecule has 0 N–H and O–H groups in total. The Kier molecular flexibility index (Phi) is 7.61. The van der Waals surface area contributed by atoms with Crippen molar-refractivity contribution in [3.63, 3.8) is 0 Å². The smallest absolute Gasteiger partial charge is 0.276 e. The van der Waals surface area contributed by atoms with Gasteiger partial charge in [-0.1, -0.05) is 28.1 Å². The van der Waals surface area contributed by atoms with Crippen LogP contribution in [0.15, 0.2) is 5.16 Å². The molecule has 0 aliphatic rings. The number of thiazole rings is 1. The molecule has 1 aromatic heterocycles. The van der Waals surface area contributed by atoms with Crippen LogP contribution >= 0.6 is 58.7 Å². The van der Waals surface area contributed by atoms with Crippen molar-refractivity contribution in [2.24, 2.45) is 5.16 Å². The van der Waals surface area contributed by atoms with Crippen LogP contribution in [-0.4, -0.2) is 29.0 Å². The van der Waals surface area contributed by atoms with E-state index < -0.39 is 11.1 Å². The summed E-state index contributed by atoms with van der Waals surface area (Å²) in [4.78, 5) is 30.6. The van der Waals surface area contributed by atoms with Crippen molar-refractivity contribution < 1.29 is 14.4 Å². The van der Waals surface area contributed by atoms with Crippen LogP contribution in [0.4, 0.5) is 5.13 Å². The minimum absolute atomic E-state index is 0. The van der Waals surface area contributed by atoms with Gasteiger partial charge in [0.25, 0.3) is 5.24 Å². The minimum Gasteiger partial charge on any atom is -0.398 e. The number of rotatable bonds is 4. The molecule has 0 saturated carbocycles. The number of oxime groups is 1. The topological polar surface area (TPSA) is 71.9 Å². The third kappa shape index (κ3) is 4.47. The lowest BCUT2D eigenvalue weighted by Gasteiger charge is -2.04. The molecule has 106 valence electrons. The van der Waals surface area contributed by atoms with Crippen LogP contribution in [0.5, 0.6) is 0 Å². The molecule has 0 bridgehead atoms. The lowest BCUT2D eigenvalue weighted by Crippen LogP contribution is -2.17. The minimum atomic E-state index is -0.889. The van der Waals surface area contributed by atoms with Crippen LogP contribution in [0.3, 0.4) is 0 Å². The maximum absolute atomic E-state index is 11.1. The molecule has 0 spiro atoms. The van der Waals surface area contributed by atoms with E-state index in [4.69, 9.17) is 35.0 Å². The van der Waals surface area contributed by atoms with Crippen molar-refractivity contribution in [1.29, 1.82) is 0 Å². The molecule has 0 aliphatic heterocycles. The number of halogens is 4. The molecule has 0 saturated heterocycles. The van der Waals surface area contributed by atoms with E-state index >= 15 is 0 Å². The first-order chi connectivity index (χ1) is 8.38. The fourth-order valence-electron chi connectivity index (χ4n) is 0.919. The average Bonchev–Trinajstić information content (AvgIpc) is 2.66. The Hall–Kier alpha value is -0.600. The number of hydrogen-bond acceptors (Lipinski definition) is 6. The Morgan fingerprint density at radius 3 is 2.47 bits per heavy atom. The summed E-state index contributed by atoms with van der Waals surface area (Å²) < 4.78 is 0.880. The van der Waals surface area contributed by atoms with E-state index in [1.165, 1.54) is 14.0 Å². The number of carbonyl (C=O) groups is 2. The van der Waals surface area contributed by atoms with E-state index in [1.807, 2.05) is 0 Å². The summed E-state index contributed by atoms with van der Waals surface area (Å²) >= 11 is 17.8. The highest BCUT2D eigenvalue weighted by Crippen LogP contribution is 2.32. The highest BCUT2D eigenvalue weighted by molar-refractivity contribution is 7.20. The van der Waals surface area contributed by atoms with Crippen molar-refractivity contribution in [2.45, 2.75) is 6.92 Å². The second-order valence-corrected chi connectivity index (χ2v) is 5.08. The van der Waals surface area contributed by atoms with Gasteiger partial charge in [0.15, 0.2) is 5.71 Å². The van der Waals surface area contributed by atoms with Crippen molar-refractivity contribution in [1.82, 2.24) is 4.98 Å². The molecule has 0 atom stereocenters. The second kappa shape index (κ2) is 7.86. The molecule has 1 heterocycles. The maximum Gasteiger partial charge on any atom is 0.276 e. The molecule has 6 nitrogen and oxygen atoms in total. The van der Waals surface area contributed by atoms with Gasteiger partial charge in [-0.15, -0.1) is 12.4 Å². The number of carbonyl (C=O) groups excluding carboxylic acids is 2. The highest BCUT2D eigenvalue weighted by Gasteiger charge is 2.24. The number of nitrogens with zero attached hydrogens (tertiary/aromatic N) is 3. The highest BCUT2D eigenvalue weighted by atomic mass is 35.5. The van der Waals surface area contributed by atoms with Crippen LogP contribution in [0, 0.1) is 0 Å². The zero-order valence-electron chi connectivity index (χ0n) is 9.52. The van der Waals surface area contributed by atoms with Gasteiger partial charge in [-0.05, 0) is 11.6 Å². The van der Waals surface area contributed by atoms with E-state index in [9.17, 15) is 9.59 Å². The van der Waals surface area contributed by atoms with Crippen LogP contribution in [0.25, 0.3) is 0 Å². The first-order valence-corrected chi connectivity index (χ1v) is 6.23. The fourth-order valence-corrected chi connectivity index (χ4v) is 2.27. The predicted octanol–water partition coefficient (Wildman–Crippen LogP) is 2.84. The number of amides is 1. The van der Waals surface area contributed by atoms with Gasteiger partial charge >= 0.3 is 0 Å². The molecule has 1 aromatic rings. The summed E-state index contributed by atoms with van der Waals surface area (Å²) in [6.45, 7) is 1.25. The lowest BCUT2D eigenvalue weighted by atomic mass is 10.3. The van der Waals surface area contributed by atoms with E-state index in [2.05, 4.69) is 15.0 Å². The van der Waals surface area contributed by atoms with Gasteiger partial charge in [0.05, 0.1) is 0 Å². The SMILES string of the molecule is CO/N=C(\C(=O)Cl)c1nc(N(Cl)C(C)=O)sc1Cl.Cl. The largest absolute Gasteiger partial charge is 0.398 e. The van der Waals surface area contributed by atoms with Gasteiger partial charge in [0.2, 0.25) is 11.0 Å². The Balaban J connectivity index is 0.00000324. The molecule has 0 fully saturated rings. The summed E-state index contributed by atoms with van der Waals surface area (Å²) in [5.41, 5.74) is -0.259. The van der Waals surface area contributed by atoms with Gasteiger partial charge in [-0.3, -0.25) is 9.59 Å². The monoisotopic (exact) mass is 365 g/mol. The van der Waals surface area contributed by atoms with Crippen LogP contribution in [0.2, 0.25) is 4.34 Å². The van der Waals surface area contributed by atoms with E-state index in [0.29, 0.717) is 0 Å². The number of hydrogen-bond donors (Lipinski definition) is 0. The zero-order chi connectivity index (χ0) is 13.9.